The number of nitrogens with one attached hydrogen (secondary N) is 2. The molecule has 2 N–H and O–H groups in total. The molecule has 2 rings (SSSR count). The third-order valence-corrected chi connectivity index (χ3v) is 3.17. The van der Waals surface area contributed by atoms with Crippen molar-refractivity contribution in [1.82, 2.24) is 0 Å². The Labute approximate surface area is 126 Å². The maximum atomic E-state index is 11.7. The van der Waals surface area contributed by atoms with Gasteiger partial charge < -0.3 is 15.4 Å². The fourth-order valence-corrected chi connectivity index (χ4v) is 1.86. The first-order valence-electron chi connectivity index (χ1n) is 6.13. The Balaban J connectivity index is 1.83. The number of amides is 1. The van der Waals surface area contributed by atoms with Gasteiger partial charge in [0.25, 0.3) is 5.91 Å². The van der Waals surface area contributed by atoms with Gasteiger partial charge in [-0.05, 0) is 48.5 Å². The highest BCUT2D eigenvalue weighted by Gasteiger charge is 2.03. The van der Waals surface area contributed by atoms with Crippen LogP contribution < -0.4 is 15.4 Å². The van der Waals surface area contributed by atoms with Gasteiger partial charge in [-0.1, -0.05) is 15.9 Å². The summed E-state index contributed by atoms with van der Waals surface area (Å²) in [5.41, 5.74) is 1.74. The molecule has 20 heavy (non-hydrogen) atoms. The molecule has 0 aromatic heterocycles. The lowest BCUT2D eigenvalue weighted by molar-refractivity contribution is -0.118. The normalized spacial score (nSPS) is 9.90. The largest absolute Gasteiger partial charge is 0.484 e. The van der Waals surface area contributed by atoms with Crippen LogP contribution in [0, 0.1) is 0 Å². The molecule has 4 nitrogen and oxygen atoms in total. The van der Waals surface area contributed by atoms with Gasteiger partial charge in [0.2, 0.25) is 0 Å². The molecule has 0 unspecified atom stereocenters. The van der Waals surface area contributed by atoms with Gasteiger partial charge >= 0.3 is 0 Å². The number of halogens is 1. The molecule has 0 fully saturated rings. The highest BCUT2D eigenvalue weighted by molar-refractivity contribution is 9.10. The Bertz CT molecular complexity index is 567. The molecular formula is C15H15BrN2O2. The Morgan fingerprint density at radius 3 is 2.25 bits per heavy atom. The van der Waals surface area contributed by atoms with Crippen molar-refractivity contribution in [1.29, 1.82) is 0 Å². The van der Waals surface area contributed by atoms with E-state index in [1.807, 2.05) is 55.6 Å². The number of carbonyl (C=O) groups is 1. The van der Waals surface area contributed by atoms with E-state index in [0.29, 0.717) is 5.75 Å². The maximum absolute atomic E-state index is 11.7. The predicted molar refractivity (Wildman–Crippen MR) is 84.3 cm³/mol. The Morgan fingerprint density at radius 2 is 1.65 bits per heavy atom. The van der Waals surface area contributed by atoms with Crippen molar-refractivity contribution in [2.75, 3.05) is 24.3 Å². The number of ether oxygens (including phenoxy) is 1. The molecule has 0 aliphatic rings. The second kappa shape index (κ2) is 6.96. The molecule has 0 aliphatic carbocycles. The van der Waals surface area contributed by atoms with Crippen LogP contribution in [0.1, 0.15) is 0 Å². The van der Waals surface area contributed by atoms with E-state index in [-0.39, 0.29) is 12.5 Å². The average Bonchev–Trinajstić information content (AvgIpc) is 2.48. The van der Waals surface area contributed by atoms with Crippen molar-refractivity contribution in [2.45, 2.75) is 0 Å². The summed E-state index contributed by atoms with van der Waals surface area (Å²) < 4.78 is 6.38. The second-order valence-electron chi connectivity index (χ2n) is 4.12. The number of anilines is 2. The van der Waals surface area contributed by atoms with Gasteiger partial charge in [0.05, 0.1) is 0 Å². The van der Waals surface area contributed by atoms with Gasteiger partial charge in [-0.25, -0.2) is 0 Å². The Morgan fingerprint density at radius 1 is 1.05 bits per heavy atom. The van der Waals surface area contributed by atoms with Gasteiger partial charge in [0.1, 0.15) is 5.75 Å². The smallest absolute Gasteiger partial charge is 0.262 e. The first kappa shape index (κ1) is 14.4. The highest BCUT2D eigenvalue weighted by atomic mass is 79.9. The maximum Gasteiger partial charge on any atom is 0.262 e. The minimum atomic E-state index is -0.190. The fourth-order valence-electron chi connectivity index (χ4n) is 1.60. The van der Waals surface area contributed by atoms with Crippen LogP contribution in [0.5, 0.6) is 5.75 Å². The Hall–Kier alpha value is -2.01. The first-order chi connectivity index (χ1) is 9.67. The molecule has 2 aromatic rings. The van der Waals surface area contributed by atoms with Gasteiger partial charge in [-0.2, -0.15) is 0 Å². The molecule has 0 heterocycles. The van der Waals surface area contributed by atoms with Crippen molar-refractivity contribution < 1.29 is 9.53 Å². The summed E-state index contributed by atoms with van der Waals surface area (Å²) in [5.74, 6) is 0.472. The van der Waals surface area contributed by atoms with Gasteiger partial charge in [0.15, 0.2) is 6.61 Å². The minimum absolute atomic E-state index is 0.0189. The summed E-state index contributed by atoms with van der Waals surface area (Å²) in [6.07, 6.45) is 0. The molecule has 0 aliphatic heterocycles. The van der Waals surface area contributed by atoms with Crippen molar-refractivity contribution >= 4 is 33.2 Å². The lowest BCUT2D eigenvalue weighted by atomic mass is 10.3. The van der Waals surface area contributed by atoms with Crippen molar-refractivity contribution in [2.24, 2.45) is 0 Å². The summed E-state index contributed by atoms with van der Waals surface area (Å²) in [6.45, 7) is -0.0189. The zero-order chi connectivity index (χ0) is 14.4. The molecule has 0 saturated heterocycles. The number of hydrogen-bond donors (Lipinski definition) is 2. The van der Waals surface area contributed by atoms with Crippen LogP contribution in [-0.2, 0) is 4.79 Å². The van der Waals surface area contributed by atoms with Crippen LogP contribution in [0.25, 0.3) is 0 Å². The number of rotatable bonds is 5. The lowest BCUT2D eigenvalue weighted by Crippen LogP contribution is -2.20. The third kappa shape index (κ3) is 4.28. The molecule has 104 valence electrons. The second-order valence-corrected chi connectivity index (χ2v) is 5.03. The van der Waals surface area contributed by atoms with E-state index < -0.39 is 0 Å². The van der Waals surface area contributed by atoms with Gasteiger partial charge in [0, 0.05) is 22.9 Å². The van der Waals surface area contributed by atoms with Crippen LogP contribution in [0.4, 0.5) is 11.4 Å². The molecule has 0 radical (unpaired) electrons. The van der Waals surface area contributed by atoms with Gasteiger partial charge in [-0.15, -0.1) is 0 Å². The van der Waals surface area contributed by atoms with Crippen LogP contribution >= 0.6 is 15.9 Å². The third-order valence-electron chi connectivity index (χ3n) is 2.64. The van der Waals surface area contributed by atoms with Crippen LogP contribution in [0.3, 0.4) is 0 Å². The topological polar surface area (TPSA) is 50.4 Å². The standard InChI is InChI=1S/C15H15BrN2O2/c1-17-12-6-8-14(9-7-12)20-10-15(19)18-13-4-2-11(16)3-5-13/h2-9,17H,10H2,1H3,(H,18,19). The van der Waals surface area contributed by atoms with Crippen LogP contribution in [0.2, 0.25) is 0 Å². The molecule has 1 amide bonds. The molecule has 0 atom stereocenters. The minimum Gasteiger partial charge on any atom is -0.484 e. The highest BCUT2D eigenvalue weighted by Crippen LogP contribution is 2.16. The van der Waals surface area contributed by atoms with Crippen molar-refractivity contribution in [3.63, 3.8) is 0 Å². The molecule has 0 spiro atoms. The predicted octanol–water partition coefficient (Wildman–Crippen LogP) is 3.51. The number of benzene rings is 2. The van der Waals surface area contributed by atoms with Crippen molar-refractivity contribution in [3.05, 3.63) is 53.0 Å². The zero-order valence-corrected chi connectivity index (χ0v) is 12.6. The van der Waals surface area contributed by atoms with E-state index in [9.17, 15) is 4.79 Å². The van der Waals surface area contributed by atoms with E-state index in [0.717, 1.165) is 15.8 Å². The van der Waals surface area contributed by atoms with E-state index in [1.165, 1.54) is 0 Å². The number of carbonyl (C=O) groups excluding carboxylic acids is 1. The molecule has 0 saturated carbocycles. The summed E-state index contributed by atoms with van der Waals surface area (Å²) in [7, 11) is 1.85. The zero-order valence-electron chi connectivity index (χ0n) is 11.0. The molecule has 2 aromatic carbocycles. The van der Waals surface area contributed by atoms with Gasteiger partial charge in [-0.3, -0.25) is 4.79 Å². The van der Waals surface area contributed by atoms with E-state index >= 15 is 0 Å². The number of hydrogen-bond acceptors (Lipinski definition) is 3. The lowest BCUT2D eigenvalue weighted by Gasteiger charge is -2.08. The summed E-state index contributed by atoms with van der Waals surface area (Å²) >= 11 is 3.34. The van der Waals surface area contributed by atoms with Crippen LogP contribution in [0.15, 0.2) is 53.0 Å². The monoisotopic (exact) mass is 334 g/mol. The molecular weight excluding hydrogens is 320 g/mol. The summed E-state index contributed by atoms with van der Waals surface area (Å²) in [5, 5.41) is 5.78. The molecule has 5 heteroatoms. The first-order valence-corrected chi connectivity index (χ1v) is 6.93. The van der Waals surface area contributed by atoms with Crippen molar-refractivity contribution in [3.8, 4) is 5.75 Å². The van der Waals surface area contributed by atoms with E-state index in [4.69, 9.17) is 4.74 Å². The van der Waals surface area contributed by atoms with E-state index in [1.54, 1.807) is 0 Å². The summed E-state index contributed by atoms with van der Waals surface area (Å²) in [4.78, 5) is 11.7. The SMILES string of the molecule is CNc1ccc(OCC(=O)Nc2ccc(Br)cc2)cc1. The average molecular weight is 335 g/mol. The Kier molecular flexibility index (Phi) is 5.01. The fraction of sp³-hybridized carbons (Fsp3) is 0.133. The summed E-state index contributed by atoms with van der Waals surface area (Å²) in [6, 6.07) is 14.8. The van der Waals surface area contributed by atoms with E-state index in [2.05, 4.69) is 26.6 Å². The van der Waals surface area contributed by atoms with Crippen LogP contribution in [-0.4, -0.2) is 19.6 Å². The quantitative estimate of drug-likeness (QED) is 0.879. The molecule has 0 bridgehead atoms.